The highest BCUT2D eigenvalue weighted by Gasteiger charge is 2.35. The van der Waals surface area contributed by atoms with E-state index in [1.165, 1.54) is 7.05 Å². The minimum Gasteiger partial charge on any atom is -0.369 e. The summed E-state index contributed by atoms with van der Waals surface area (Å²) in [6.07, 6.45) is -2.54. The molecule has 0 spiro atoms. The Hall–Kier alpha value is -2.93. The Bertz CT molecular complexity index is 1090. The lowest BCUT2D eigenvalue weighted by Gasteiger charge is -2.17. The van der Waals surface area contributed by atoms with Crippen LogP contribution in [-0.2, 0) is 27.4 Å². The van der Waals surface area contributed by atoms with E-state index >= 15 is 0 Å². The molecule has 2 heterocycles. The number of alkyl halides is 3. The van der Waals surface area contributed by atoms with Gasteiger partial charge in [-0.25, -0.2) is 17.7 Å². The molecular formula is C18H21F3N6O3S. The molecule has 2 aromatic rings. The van der Waals surface area contributed by atoms with Crippen LogP contribution in [0, 0.1) is 0 Å². The van der Waals surface area contributed by atoms with Crippen LogP contribution in [0.15, 0.2) is 24.4 Å². The Labute approximate surface area is 177 Å². The SMILES string of the molecule is CN(CCCNc1nc(Nc2cccc3c2CC(=O)N3)ncc1C(F)(F)F)S(C)(=O)=O. The highest BCUT2D eigenvalue weighted by atomic mass is 32.2. The topological polar surface area (TPSA) is 116 Å². The summed E-state index contributed by atoms with van der Waals surface area (Å²) in [5.41, 5.74) is 0.769. The Kier molecular flexibility index (Phi) is 6.36. The van der Waals surface area contributed by atoms with E-state index in [1.54, 1.807) is 18.2 Å². The summed E-state index contributed by atoms with van der Waals surface area (Å²) in [5.74, 6) is -0.677. The number of anilines is 4. The van der Waals surface area contributed by atoms with E-state index in [-0.39, 0.29) is 37.8 Å². The number of hydrogen-bond donors (Lipinski definition) is 3. The minimum atomic E-state index is -4.67. The van der Waals surface area contributed by atoms with E-state index in [0.29, 0.717) is 23.1 Å². The van der Waals surface area contributed by atoms with Gasteiger partial charge in [0.25, 0.3) is 0 Å². The molecule has 3 rings (SSSR count). The van der Waals surface area contributed by atoms with Gasteiger partial charge in [0.2, 0.25) is 21.9 Å². The van der Waals surface area contributed by atoms with Gasteiger partial charge in [0, 0.05) is 43.3 Å². The number of halogens is 3. The van der Waals surface area contributed by atoms with Crippen molar-refractivity contribution in [3.63, 3.8) is 0 Å². The standard InChI is InChI=1S/C18H21F3N6O3S/c1-27(31(2,29)30)8-4-7-22-16-12(18(19,20)21)10-23-17(26-16)25-14-6-3-5-13-11(14)9-15(28)24-13/h3,5-6,10H,4,7-9H2,1-2H3,(H,24,28)(H2,22,23,25,26). The fourth-order valence-corrected chi connectivity index (χ4v) is 3.41. The summed E-state index contributed by atoms with van der Waals surface area (Å²) in [4.78, 5) is 19.3. The van der Waals surface area contributed by atoms with E-state index in [4.69, 9.17) is 0 Å². The lowest BCUT2D eigenvalue weighted by atomic mass is 10.1. The molecule has 31 heavy (non-hydrogen) atoms. The van der Waals surface area contributed by atoms with Crippen molar-refractivity contribution in [2.45, 2.75) is 19.0 Å². The maximum absolute atomic E-state index is 13.3. The molecule has 0 aliphatic carbocycles. The van der Waals surface area contributed by atoms with Crippen molar-refractivity contribution in [3.05, 3.63) is 35.5 Å². The number of nitrogens with one attached hydrogen (secondary N) is 3. The summed E-state index contributed by atoms with van der Waals surface area (Å²) in [5, 5.41) is 8.17. The smallest absolute Gasteiger partial charge is 0.369 e. The molecule has 3 N–H and O–H groups in total. The number of amides is 1. The van der Waals surface area contributed by atoms with Gasteiger partial charge < -0.3 is 16.0 Å². The van der Waals surface area contributed by atoms with Gasteiger partial charge in [-0.3, -0.25) is 4.79 Å². The van der Waals surface area contributed by atoms with Crippen LogP contribution >= 0.6 is 0 Å². The van der Waals surface area contributed by atoms with Crippen LogP contribution in [0.3, 0.4) is 0 Å². The molecule has 168 valence electrons. The zero-order valence-corrected chi connectivity index (χ0v) is 17.6. The third kappa shape index (κ3) is 5.61. The van der Waals surface area contributed by atoms with Crippen LogP contribution in [0.2, 0.25) is 0 Å². The zero-order chi connectivity index (χ0) is 22.8. The van der Waals surface area contributed by atoms with Gasteiger partial charge >= 0.3 is 6.18 Å². The molecule has 0 bridgehead atoms. The molecule has 13 heteroatoms. The van der Waals surface area contributed by atoms with E-state index in [1.807, 2.05) is 0 Å². The van der Waals surface area contributed by atoms with E-state index in [9.17, 15) is 26.4 Å². The monoisotopic (exact) mass is 458 g/mol. The predicted molar refractivity (Wildman–Crippen MR) is 110 cm³/mol. The van der Waals surface area contributed by atoms with Crippen LogP contribution < -0.4 is 16.0 Å². The second kappa shape index (κ2) is 8.67. The number of benzene rings is 1. The molecule has 1 aromatic carbocycles. The number of nitrogens with zero attached hydrogens (tertiary/aromatic N) is 3. The average molecular weight is 458 g/mol. The Balaban J connectivity index is 1.77. The van der Waals surface area contributed by atoms with Gasteiger partial charge in [-0.05, 0) is 18.6 Å². The molecule has 0 saturated carbocycles. The largest absolute Gasteiger partial charge is 0.421 e. The van der Waals surface area contributed by atoms with Gasteiger partial charge in [-0.1, -0.05) is 6.07 Å². The number of fused-ring (bicyclic) bond motifs is 1. The third-order valence-corrected chi connectivity index (χ3v) is 5.95. The second-order valence-electron chi connectivity index (χ2n) is 7.00. The molecule has 0 saturated heterocycles. The molecule has 9 nitrogen and oxygen atoms in total. The lowest BCUT2D eigenvalue weighted by Crippen LogP contribution is -2.28. The lowest BCUT2D eigenvalue weighted by molar-refractivity contribution is -0.137. The molecule has 1 amide bonds. The summed E-state index contributed by atoms with van der Waals surface area (Å²) in [6.45, 7) is 0.207. The van der Waals surface area contributed by atoms with Crippen molar-refractivity contribution < 1.29 is 26.4 Å². The minimum absolute atomic E-state index is 0.0680. The molecular weight excluding hydrogens is 437 g/mol. The number of aromatic nitrogens is 2. The number of hydrogen-bond acceptors (Lipinski definition) is 7. The van der Waals surface area contributed by atoms with E-state index in [2.05, 4.69) is 25.9 Å². The zero-order valence-electron chi connectivity index (χ0n) is 16.7. The molecule has 0 atom stereocenters. The van der Waals surface area contributed by atoms with Crippen molar-refractivity contribution in [1.29, 1.82) is 0 Å². The van der Waals surface area contributed by atoms with Gasteiger partial charge in [0.05, 0.1) is 12.7 Å². The van der Waals surface area contributed by atoms with Gasteiger partial charge in [0.1, 0.15) is 11.4 Å². The first-order valence-electron chi connectivity index (χ1n) is 9.23. The highest BCUT2D eigenvalue weighted by Crippen LogP contribution is 2.35. The Morgan fingerprint density at radius 1 is 1.29 bits per heavy atom. The molecule has 0 fully saturated rings. The first-order valence-corrected chi connectivity index (χ1v) is 11.1. The number of rotatable bonds is 8. The molecule has 0 unspecified atom stereocenters. The van der Waals surface area contributed by atoms with E-state index < -0.39 is 27.6 Å². The summed E-state index contributed by atoms with van der Waals surface area (Å²) in [7, 11) is -1.98. The van der Waals surface area contributed by atoms with Crippen molar-refractivity contribution in [3.8, 4) is 0 Å². The highest BCUT2D eigenvalue weighted by molar-refractivity contribution is 7.88. The Morgan fingerprint density at radius 2 is 2.03 bits per heavy atom. The summed E-state index contributed by atoms with van der Waals surface area (Å²) in [6, 6.07) is 5.09. The molecule has 1 aliphatic heterocycles. The normalized spacial score (nSPS) is 13.8. The van der Waals surface area contributed by atoms with Crippen LogP contribution in [0.4, 0.5) is 36.3 Å². The van der Waals surface area contributed by atoms with Crippen molar-refractivity contribution in [2.24, 2.45) is 0 Å². The van der Waals surface area contributed by atoms with Crippen LogP contribution in [0.25, 0.3) is 0 Å². The number of carbonyl (C=O) groups excluding carboxylic acids is 1. The Morgan fingerprint density at radius 3 is 2.71 bits per heavy atom. The van der Waals surface area contributed by atoms with Crippen LogP contribution in [0.1, 0.15) is 17.5 Å². The summed E-state index contributed by atoms with van der Waals surface area (Å²) >= 11 is 0. The van der Waals surface area contributed by atoms with Crippen LogP contribution in [0.5, 0.6) is 0 Å². The second-order valence-corrected chi connectivity index (χ2v) is 9.09. The van der Waals surface area contributed by atoms with Gasteiger partial charge in [-0.15, -0.1) is 0 Å². The quantitative estimate of drug-likeness (QED) is 0.520. The van der Waals surface area contributed by atoms with Crippen molar-refractivity contribution in [1.82, 2.24) is 14.3 Å². The van der Waals surface area contributed by atoms with E-state index in [0.717, 1.165) is 10.6 Å². The fourth-order valence-electron chi connectivity index (χ4n) is 2.95. The van der Waals surface area contributed by atoms with Crippen molar-refractivity contribution >= 4 is 39.1 Å². The number of sulfonamides is 1. The first kappa shape index (κ1) is 22.7. The maximum Gasteiger partial charge on any atom is 0.421 e. The summed E-state index contributed by atoms with van der Waals surface area (Å²) < 4.78 is 64.0. The molecule has 1 aromatic heterocycles. The maximum atomic E-state index is 13.3. The predicted octanol–water partition coefficient (Wildman–Crippen LogP) is 2.43. The van der Waals surface area contributed by atoms with Crippen molar-refractivity contribution in [2.75, 3.05) is 42.3 Å². The van der Waals surface area contributed by atoms with Gasteiger partial charge in [0.15, 0.2) is 0 Å². The number of carbonyl (C=O) groups is 1. The fraction of sp³-hybridized carbons (Fsp3) is 0.389. The molecule has 1 aliphatic rings. The third-order valence-electron chi connectivity index (χ3n) is 4.64. The average Bonchev–Trinajstić information content (AvgIpc) is 3.05. The first-order chi connectivity index (χ1) is 14.4. The van der Waals surface area contributed by atoms with Crippen LogP contribution in [-0.4, -0.2) is 55.0 Å². The van der Waals surface area contributed by atoms with Gasteiger partial charge in [-0.2, -0.15) is 18.2 Å². The molecule has 0 radical (unpaired) electrons.